The molecule has 0 spiro atoms. The van der Waals surface area contributed by atoms with E-state index in [-0.39, 0.29) is 10.8 Å². The van der Waals surface area contributed by atoms with Crippen molar-refractivity contribution in [1.29, 1.82) is 0 Å². The highest BCUT2D eigenvalue weighted by molar-refractivity contribution is 7.92. The first-order valence-corrected chi connectivity index (χ1v) is 10.2. The van der Waals surface area contributed by atoms with Crippen LogP contribution in [0.3, 0.4) is 0 Å². The van der Waals surface area contributed by atoms with E-state index in [1.807, 2.05) is 0 Å². The normalized spacial score (nSPS) is 11.0. The molecule has 0 aliphatic heterocycles. The standard InChI is InChI=1S/C21H21N3O4S/c1-15-13-16(21(25)23-17-5-4-12-22-14-17)6-11-20(15)24(2)29(26,27)19-9-7-18(28-3)8-10-19/h4-14H,1-3H3,(H,23,25). The van der Waals surface area contributed by atoms with E-state index in [0.29, 0.717) is 28.3 Å². The van der Waals surface area contributed by atoms with E-state index >= 15 is 0 Å². The van der Waals surface area contributed by atoms with Gasteiger partial charge in [0.15, 0.2) is 0 Å². The zero-order valence-electron chi connectivity index (χ0n) is 16.3. The van der Waals surface area contributed by atoms with E-state index in [0.717, 1.165) is 0 Å². The molecule has 1 aromatic heterocycles. The number of nitrogens with one attached hydrogen (secondary N) is 1. The molecule has 3 aromatic rings. The van der Waals surface area contributed by atoms with Crippen LogP contribution in [0.15, 0.2) is 71.9 Å². The predicted octanol–water partition coefficient (Wildman–Crippen LogP) is 3.48. The van der Waals surface area contributed by atoms with Gasteiger partial charge in [0.1, 0.15) is 5.75 Å². The molecule has 0 saturated heterocycles. The Bertz CT molecular complexity index is 1110. The number of ether oxygens (including phenoxy) is 1. The number of methoxy groups -OCH3 is 1. The molecule has 29 heavy (non-hydrogen) atoms. The second-order valence-electron chi connectivity index (χ2n) is 6.35. The fourth-order valence-electron chi connectivity index (χ4n) is 2.83. The van der Waals surface area contributed by atoms with Gasteiger partial charge in [-0.05, 0) is 67.1 Å². The molecule has 1 amide bonds. The molecule has 1 heterocycles. The van der Waals surface area contributed by atoms with Crippen molar-refractivity contribution < 1.29 is 17.9 Å². The molecule has 0 unspecified atom stereocenters. The number of sulfonamides is 1. The van der Waals surface area contributed by atoms with E-state index in [4.69, 9.17) is 4.74 Å². The van der Waals surface area contributed by atoms with Gasteiger partial charge in [0.05, 0.1) is 29.6 Å². The van der Waals surface area contributed by atoms with Crippen LogP contribution in [-0.4, -0.2) is 33.5 Å². The summed E-state index contributed by atoms with van der Waals surface area (Å²) < 4.78 is 32.2. The molecule has 2 aromatic carbocycles. The maximum absolute atomic E-state index is 12.9. The lowest BCUT2D eigenvalue weighted by Gasteiger charge is -2.22. The molecular weight excluding hydrogens is 390 g/mol. The Hall–Kier alpha value is -3.39. The predicted molar refractivity (Wildman–Crippen MR) is 112 cm³/mol. The highest BCUT2D eigenvalue weighted by Crippen LogP contribution is 2.27. The molecule has 0 atom stereocenters. The van der Waals surface area contributed by atoms with Crippen LogP contribution in [0.2, 0.25) is 0 Å². The van der Waals surface area contributed by atoms with Gasteiger partial charge in [0, 0.05) is 18.8 Å². The number of carbonyl (C=O) groups excluding carboxylic acids is 1. The minimum atomic E-state index is -3.75. The summed E-state index contributed by atoms with van der Waals surface area (Å²) in [4.78, 5) is 16.6. The highest BCUT2D eigenvalue weighted by Gasteiger charge is 2.23. The maximum Gasteiger partial charge on any atom is 0.264 e. The zero-order valence-corrected chi connectivity index (χ0v) is 17.1. The first-order valence-electron chi connectivity index (χ1n) is 8.78. The second kappa shape index (κ2) is 8.32. The summed E-state index contributed by atoms with van der Waals surface area (Å²) in [5.74, 6) is 0.278. The highest BCUT2D eigenvalue weighted by atomic mass is 32.2. The largest absolute Gasteiger partial charge is 0.497 e. The molecule has 0 bridgehead atoms. The molecule has 0 saturated carbocycles. The topological polar surface area (TPSA) is 88.6 Å². The van der Waals surface area contributed by atoms with Crippen molar-refractivity contribution >= 4 is 27.3 Å². The first-order chi connectivity index (χ1) is 13.8. The lowest BCUT2D eigenvalue weighted by molar-refractivity contribution is 0.102. The molecule has 8 heteroatoms. The molecule has 1 N–H and O–H groups in total. The van der Waals surface area contributed by atoms with E-state index in [9.17, 15) is 13.2 Å². The minimum absolute atomic E-state index is 0.151. The van der Waals surface area contributed by atoms with Crippen LogP contribution < -0.4 is 14.4 Å². The third-order valence-electron chi connectivity index (χ3n) is 4.44. The average Bonchev–Trinajstić information content (AvgIpc) is 2.74. The van der Waals surface area contributed by atoms with Crippen molar-refractivity contribution in [2.24, 2.45) is 0 Å². The maximum atomic E-state index is 12.9. The van der Waals surface area contributed by atoms with E-state index in [1.165, 1.54) is 30.6 Å². The number of benzene rings is 2. The zero-order chi connectivity index (χ0) is 21.0. The second-order valence-corrected chi connectivity index (χ2v) is 8.31. The summed E-state index contributed by atoms with van der Waals surface area (Å²) in [6.07, 6.45) is 3.17. The number of carbonyl (C=O) groups is 1. The number of nitrogens with zero attached hydrogens (tertiary/aromatic N) is 2. The number of rotatable bonds is 6. The Kier molecular flexibility index (Phi) is 5.84. The lowest BCUT2D eigenvalue weighted by Crippen LogP contribution is -2.27. The number of pyridine rings is 1. The van der Waals surface area contributed by atoms with Crippen LogP contribution in [-0.2, 0) is 10.0 Å². The summed E-state index contributed by atoms with van der Waals surface area (Å²) in [5, 5.41) is 2.76. The third-order valence-corrected chi connectivity index (χ3v) is 6.22. The monoisotopic (exact) mass is 411 g/mol. The van der Waals surface area contributed by atoms with Gasteiger partial charge in [-0.25, -0.2) is 8.42 Å². The van der Waals surface area contributed by atoms with Gasteiger partial charge in [-0.2, -0.15) is 0 Å². The number of anilines is 2. The summed E-state index contributed by atoms with van der Waals surface area (Å²) in [7, 11) is -0.750. The number of aromatic nitrogens is 1. The van der Waals surface area contributed by atoms with Crippen LogP contribution >= 0.6 is 0 Å². The van der Waals surface area contributed by atoms with Crippen molar-refractivity contribution in [3.05, 3.63) is 78.1 Å². The molecule has 150 valence electrons. The summed E-state index contributed by atoms with van der Waals surface area (Å²) in [6.45, 7) is 1.76. The molecule has 7 nitrogen and oxygen atoms in total. The number of hydrogen-bond acceptors (Lipinski definition) is 5. The van der Waals surface area contributed by atoms with Crippen LogP contribution in [0.5, 0.6) is 5.75 Å². The van der Waals surface area contributed by atoms with Gasteiger partial charge < -0.3 is 10.1 Å². The molecular formula is C21H21N3O4S. The Labute approximate surface area is 170 Å². The van der Waals surface area contributed by atoms with Crippen LogP contribution in [0.1, 0.15) is 15.9 Å². The molecule has 0 aliphatic rings. The SMILES string of the molecule is COc1ccc(S(=O)(=O)N(C)c2ccc(C(=O)Nc3cccnc3)cc2C)cc1. The van der Waals surface area contributed by atoms with Crippen molar-refractivity contribution in [2.75, 3.05) is 23.8 Å². The Morgan fingerprint density at radius 2 is 1.83 bits per heavy atom. The van der Waals surface area contributed by atoms with Crippen LogP contribution in [0, 0.1) is 6.92 Å². The fourth-order valence-corrected chi connectivity index (χ4v) is 4.09. The lowest BCUT2D eigenvalue weighted by atomic mass is 10.1. The number of hydrogen-bond donors (Lipinski definition) is 1. The molecule has 0 radical (unpaired) electrons. The van der Waals surface area contributed by atoms with Crippen molar-refractivity contribution in [3.63, 3.8) is 0 Å². The Morgan fingerprint density at radius 1 is 1.10 bits per heavy atom. The molecule has 0 aliphatic carbocycles. The third kappa shape index (κ3) is 4.38. The Morgan fingerprint density at radius 3 is 2.41 bits per heavy atom. The Balaban J connectivity index is 1.84. The minimum Gasteiger partial charge on any atom is -0.497 e. The van der Waals surface area contributed by atoms with Gasteiger partial charge in [-0.3, -0.25) is 14.1 Å². The van der Waals surface area contributed by atoms with Gasteiger partial charge in [0.2, 0.25) is 0 Å². The van der Waals surface area contributed by atoms with Crippen LogP contribution in [0.4, 0.5) is 11.4 Å². The van der Waals surface area contributed by atoms with Crippen molar-refractivity contribution in [3.8, 4) is 5.75 Å². The van der Waals surface area contributed by atoms with Gasteiger partial charge in [-0.15, -0.1) is 0 Å². The number of amides is 1. The fraction of sp³-hybridized carbons (Fsp3) is 0.143. The van der Waals surface area contributed by atoms with Gasteiger partial charge in [-0.1, -0.05) is 0 Å². The van der Waals surface area contributed by atoms with E-state index in [2.05, 4.69) is 10.3 Å². The summed E-state index contributed by atoms with van der Waals surface area (Å²) in [6, 6.07) is 14.5. The van der Waals surface area contributed by atoms with Crippen molar-refractivity contribution in [1.82, 2.24) is 4.98 Å². The van der Waals surface area contributed by atoms with Crippen LogP contribution in [0.25, 0.3) is 0 Å². The smallest absolute Gasteiger partial charge is 0.264 e. The van der Waals surface area contributed by atoms with Crippen molar-refractivity contribution in [2.45, 2.75) is 11.8 Å². The average molecular weight is 411 g/mol. The molecule has 0 fully saturated rings. The van der Waals surface area contributed by atoms with Gasteiger partial charge >= 0.3 is 0 Å². The van der Waals surface area contributed by atoms with E-state index < -0.39 is 10.0 Å². The van der Waals surface area contributed by atoms with Gasteiger partial charge in [0.25, 0.3) is 15.9 Å². The number of aryl methyl sites for hydroxylation is 1. The molecule has 3 rings (SSSR count). The quantitative estimate of drug-likeness (QED) is 0.671. The van der Waals surface area contributed by atoms with E-state index in [1.54, 1.807) is 61.8 Å². The summed E-state index contributed by atoms with van der Waals surface area (Å²) in [5.41, 5.74) is 2.14. The summed E-state index contributed by atoms with van der Waals surface area (Å²) >= 11 is 0. The first kappa shape index (κ1) is 20.3.